The van der Waals surface area contributed by atoms with E-state index < -0.39 is 11.6 Å². The minimum atomic E-state index is -0.843. The van der Waals surface area contributed by atoms with Crippen LogP contribution in [0.15, 0.2) is 0 Å². The zero-order valence-corrected chi connectivity index (χ0v) is 19.6. The van der Waals surface area contributed by atoms with Crippen molar-refractivity contribution in [1.82, 2.24) is 15.5 Å². The second-order valence-electron chi connectivity index (χ2n) is 12.8. The van der Waals surface area contributed by atoms with Gasteiger partial charge in [0.2, 0.25) is 5.91 Å². The fourth-order valence-corrected chi connectivity index (χ4v) is 8.94. The summed E-state index contributed by atoms with van der Waals surface area (Å²) in [5.74, 6) is 2.42. The summed E-state index contributed by atoms with van der Waals surface area (Å²) in [4.78, 5) is 40.2. The topological polar surface area (TPSA) is 78.5 Å². The zero-order chi connectivity index (χ0) is 22.2. The molecule has 1 aliphatic heterocycles. The van der Waals surface area contributed by atoms with E-state index in [2.05, 4.69) is 38.3 Å². The molecule has 31 heavy (non-hydrogen) atoms. The molecule has 4 bridgehead atoms. The Morgan fingerprint density at radius 2 is 1.65 bits per heavy atom. The first-order valence-electron chi connectivity index (χ1n) is 12.4. The van der Waals surface area contributed by atoms with Gasteiger partial charge in [-0.15, -0.1) is 0 Å². The van der Waals surface area contributed by atoms with Gasteiger partial charge in [-0.2, -0.15) is 0 Å². The third kappa shape index (κ3) is 3.58. The van der Waals surface area contributed by atoms with Gasteiger partial charge in [-0.05, 0) is 99.2 Å². The van der Waals surface area contributed by atoms with E-state index in [1.54, 1.807) is 0 Å². The molecule has 1 saturated heterocycles. The van der Waals surface area contributed by atoms with Crippen LogP contribution in [0, 0.1) is 34.5 Å². The molecule has 3 atom stereocenters. The van der Waals surface area contributed by atoms with Crippen LogP contribution in [0.4, 0.5) is 4.79 Å². The second-order valence-corrected chi connectivity index (χ2v) is 12.8. The number of amides is 4. The molecule has 1 heterocycles. The second kappa shape index (κ2) is 6.95. The van der Waals surface area contributed by atoms with Crippen LogP contribution in [0.2, 0.25) is 0 Å². The van der Waals surface area contributed by atoms with Crippen molar-refractivity contribution in [2.45, 2.75) is 97.1 Å². The fourth-order valence-electron chi connectivity index (χ4n) is 8.94. The molecule has 1 spiro atoms. The lowest BCUT2D eigenvalue weighted by Crippen LogP contribution is -2.57. The Kier molecular flexibility index (Phi) is 4.77. The van der Waals surface area contributed by atoms with Crippen LogP contribution in [-0.4, -0.2) is 40.9 Å². The summed E-state index contributed by atoms with van der Waals surface area (Å²) in [6, 6.07) is -0.315. The first kappa shape index (κ1) is 21.3. The molecular weight excluding hydrogens is 390 g/mol. The molecule has 6 aliphatic rings. The monoisotopic (exact) mass is 429 g/mol. The molecule has 6 rings (SSSR count). The van der Waals surface area contributed by atoms with Crippen LogP contribution < -0.4 is 10.6 Å². The van der Waals surface area contributed by atoms with Gasteiger partial charge in [0, 0.05) is 6.04 Å². The highest BCUT2D eigenvalue weighted by molar-refractivity contribution is 6.09. The van der Waals surface area contributed by atoms with E-state index in [1.807, 2.05) is 0 Å². The number of nitrogens with one attached hydrogen (secondary N) is 2. The maximum atomic E-state index is 13.3. The summed E-state index contributed by atoms with van der Waals surface area (Å²) in [7, 11) is 0. The summed E-state index contributed by atoms with van der Waals surface area (Å²) in [5.41, 5.74) is -0.637. The molecule has 0 radical (unpaired) electrons. The van der Waals surface area contributed by atoms with Crippen molar-refractivity contribution in [1.29, 1.82) is 0 Å². The minimum Gasteiger partial charge on any atom is -0.352 e. The molecule has 0 aromatic carbocycles. The molecule has 2 N–H and O–H groups in total. The standard InChI is InChI=1S/C25H39N3O3/c1-15-8-23(3,4)14-25(9-15)21(30)28(22(31)27-25)13-20(29)26-16(2)24-10-17-5-18(11-24)7-19(6-17)12-24/h15-19H,5-14H2,1-4H3,(H,26,29)(H,27,31)/t15-,16-,17?,18?,19?,24?,25-/m0/s1. The molecule has 5 saturated carbocycles. The predicted molar refractivity (Wildman–Crippen MR) is 118 cm³/mol. The highest BCUT2D eigenvalue weighted by Crippen LogP contribution is 2.61. The molecule has 0 aromatic rings. The van der Waals surface area contributed by atoms with Crippen molar-refractivity contribution in [2.75, 3.05) is 6.54 Å². The van der Waals surface area contributed by atoms with Crippen LogP contribution in [0.1, 0.15) is 85.5 Å². The van der Waals surface area contributed by atoms with Crippen LogP contribution in [0.5, 0.6) is 0 Å². The number of carbonyl (C=O) groups is 3. The Morgan fingerprint density at radius 1 is 1.06 bits per heavy atom. The number of imide groups is 1. The summed E-state index contributed by atoms with van der Waals surface area (Å²) in [6.45, 7) is 8.44. The highest BCUT2D eigenvalue weighted by atomic mass is 16.2. The van der Waals surface area contributed by atoms with Gasteiger partial charge >= 0.3 is 6.03 Å². The minimum absolute atomic E-state index is 0.00804. The molecule has 6 fully saturated rings. The third-order valence-corrected chi connectivity index (χ3v) is 9.31. The van der Waals surface area contributed by atoms with E-state index in [9.17, 15) is 14.4 Å². The lowest BCUT2D eigenvalue weighted by Gasteiger charge is -2.59. The fraction of sp³-hybridized carbons (Fsp3) is 0.880. The predicted octanol–water partition coefficient (Wildman–Crippen LogP) is 3.84. The van der Waals surface area contributed by atoms with Gasteiger partial charge in [-0.25, -0.2) is 4.79 Å². The molecular formula is C25H39N3O3. The Hall–Kier alpha value is -1.59. The zero-order valence-electron chi connectivity index (χ0n) is 19.6. The number of rotatable bonds is 4. The lowest BCUT2D eigenvalue weighted by molar-refractivity contribution is -0.138. The van der Waals surface area contributed by atoms with Gasteiger partial charge in [0.1, 0.15) is 12.1 Å². The third-order valence-electron chi connectivity index (χ3n) is 9.31. The maximum absolute atomic E-state index is 13.3. The average Bonchev–Trinajstić information content (AvgIpc) is 2.82. The van der Waals surface area contributed by atoms with Crippen LogP contribution >= 0.6 is 0 Å². The molecule has 6 heteroatoms. The van der Waals surface area contributed by atoms with Crippen LogP contribution in [0.3, 0.4) is 0 Å². The van der Waals surface area contributed by atoms with E-state index in [1.165, 1.54) is 38.5 Å². The van der Waals surface area contributed by atoms with E-state index in [0.717, 1.165) is 29.1 Å². The van der Waals surface area contributed by atoms with E-state index in [4.69, 9.17) is 0 Å². The lowest BCUT2D eigenvalue weighted by atomic mass is 9.48. The Morgan fingerprint density at radius 3 is 2.19 bits per heavy atom. The van der Waals surface area contributed by atoms with E-state index >= 15 is 0 Å². The summed E-state index contributed by atoms with van der Waals surface area (Å²) in [5, 5.41) is 6.19. The van der Waals surface area contributed by atoms with Crippen molar-refractivity contribution in [3.8, 4) is 0 Å². The van der Waals surface area contributed by atoms with Crippen molar-refractivity contribution < 1.29 is 14.4 Å². The summed E-state index contributed by atoms with van der Waals surface area (Å²) < 4.78 is 0. The molecule has 0 aromatic heterocycles. The summed E-state index contributed by atoms with van der Waals surface area (Å²) in [6.07, 6.45) is 10.1. The number of urea groups is 1. The van der Waals surface area contributed by atoms with Crippen molar-refractivity contribution >= 4 is 17.8 Å². The van der Waals surface area contributed by atoms with E-state index in [-0.39, 0.29) is 35.2 Å². The largest absolute Gasteiger partial charge is 0.352 e. The van der Waals surface area contributed by atoms with Crippen LogP contribution in [0.25, 0.3) is 0 Å². The van der Waals surface area contributed by atoms with Crippen molar-refractivity contribution in [2.24, 2.45) is 34.5 Å². The molecule has 6 nitrogen and oxygen atoms in total. The number of hydrogen-bond donors (Lipinski definition) is 2. The average molecular weight is 430 g/mol. The number of nitrogens with zero attached hydrogens (tertiary/aromatic N) is 1. The highest BCUT2D eigenvalue weighted by Gasteiger charge is 2.57. The quantitative estimate of drug-likeness (QED) is 0.667. The molecule has 4 amide bonds. The van der Waals surface area contributed by atoms with Crippen molar-refractivity contribution in [3.63, 3.8) is 0 Å². The van der Waals surface area contributed by atoms with Gasteiger partial charge in [-0.3, -0.25) is 14.5 Å². The summed E-state index contributed by atoms with van der Waals surface area (Å²) >= 11 is 0. The normalized spacial score (nSPS) is 43.9. The molecule has 5 aliphatic carbocycles. The molecule has 0 unspecified atom stereocenters. The Labute approximate surface area is 186 Å². The Balaban J connectivity index is 1.25. The van der Waals surface area contributed by atoms with Gasteiger partial charge in [0.25, 0.3) is 5.91 Å². The number of carbonyl (C=O) groups excluding carboxylic acids is 3. The first-order chi connectivity index (χ1) is 14.5. The first-order valence-corrected chi connectivity index (χ1v) is 12.4. The van der Waals surface area contributed by atoms with Crippen molar-refractivity contribution in [3.05, 3.63) is 0 Å². The smallest absolute Gasteiger partial charge is 0.325 e. The van der Waals surface area contributed by atoms with Gasteiger partial charge in [-0.1, -0.05) is 20.8 Å². The van der Waals surface area contributed by atoms with E-state index in [0.29, 0.717) is 18.8 Å². The SMILES string of the molecule is C[C@H]1CC(C)(C)C[C@]2(C1)NC(=O)N(CC(=O)N[C@@H](C)C13CC4CC(CC(C4)C1)C3)C2=O. The van der Waals surface area contributed by atoms with Gasteiger partial charge in [0.05, 0.1) is 0 Å². The number of hydrogen-bond acceptors (Lipinski definition) is 3. The van der Waals surface area contributed by atoms with Gasteiger partial charge in [0.15, 0.2) is 0 Å². The van der Waals surface area contributed by atoms with Gasteiger partial charge < -0.3 is 10.6 Å². The van der Waals surface area contributed by atoms with Crippen LogP contribution in [-0.2, 0) is 9.59 Å². The molecule has 172 valence electrons. The maximum Gasteiger partial charge on any atom is 0.325 e. The Bertz CT molecular complexity index is 771.